The van der Waals surface area contributed by atoms with Gasteiger partial charge in [0.1, 0.15) is 0 Å². The Kier molecular flexibility index (Phi) is 3.94. The molecular weight excluding hydrogens is 453 g/mol. The van der Waals surface area contributed by atoms with Gasteiger partial charge in [0.15, 0.2) is 0 Å². The highest BCUT2D eigenvalue weighted by Crippen LogP contribution is 2.64. The van der Waals surface area contributed by atoms with Crippen molar-refractivity contribution in [2.45, 2.75) is 31.6 Å². The first kappa shape index (κ1) is 19.8. The van der Waals surface area contributed by atoms with Gasteiger partial charge >= 0.3 is 0 Å². The minimum atomic E-state index is -2.45. The third kappa shape index (κ3) is 2.49. The maximum Gasteiger partial charge on any atom is 0.224 e. The van der Waals surface area contributed by atoms with Crippen LogP contribution < -0.4 is 9.00 Å². The van der Waals surface area contributed by atoms with Gasteiger partial charge in [-0.1, -0.05) is 48.5 Å². The quantitative estimate of drug-likeness (QED) is 0.347. The summed E-state index contributed by atoms with van der Waals surface area (Å²) in [5.74, 6) is 0. The average molecular weight is 477 g/mol. The first-order valence-electron chi connectivity index (χ1n) is 10.6. The van der Waals surface area contributed by atoms with Crippen molar-refractivity contribution >= 4 is 48.3 Å². The molecule has 2 aromatic heterocycles. The van der Waals surface area contributed by atoms with Crippen molar-refractivity contribution < 1.29 is 9.59 Å². The van der Waals surface area contributed by atoms with E-state index in [-0.39, 0.29) is 5.41 Å². The van der Waals surface area contributed by atoms with Crippen molar-refractivity contribution in [1.29, 1.82) is 0 Å². The molecule has 2 heterocycles. The maximum absolute atomic E-state index is 11.0. The van der Waals surface area contributed by atoms with Crippen LogP contribution in [0.5, 0.6) is 0 Å². The number of rotatable bonds is 2. The molecule has 0 aliphatic heterocycles. The molecule has 1 spiro atoms. The van der Waals surface area contributed by atoms with Crippen molar-refractivity contribution in [1.82, 2.24) is 0 Å². The second-order valence-corrected chi connectivity index (χ2v) is 19.8. The van der Waals surface area contributed by atoms with Crippen LogP contribution in [-0.4, -0.2) is 26.2 Å². The smallest absolute Gasteiger partial charge is 0.224 e. The zero-order valence-corrected chi connectivity index (χ0v) is 21.6. The van der Waals surface area contributed by atoms with Gasteiger partial charge in [-0.2, -0.15) is 0 Å². The fourth-order valence-electron chi connectivity index (χ4n) is 5.24. The molecule has 0 fully saturated rings. The molecule has 0 atom stereocenters. The third-order valence-electron chi connectivity index (χ3n) is 6.64. The molecule has 6 heteroatoms. The Morgan fingerprint density at radius 3 is 1.39 bits per heavy atom. The van der Waals surface area contributed by atoms with E-state index in [1.807, 2.05) is 26.2 Å². The number of hydrogen-bond acceptors (Lipinski definition) is 4. The zero-order valence-electron chi connectivity index (χ0n) is 18.0. The minimum absolute atomic E-state index is 0.360. The third-order valence-corrected chi connectivity index (χ3v) is 15.0. The van der Waals surface area contributed by atoms with Gasteiger partial charge in [0.25, 0.3) is 0 Å². The average Bonchev–Trinajstić information content (AvgIpc) is 3.43. The molecule has 156 valence electrons. The lowest BCUT2D eigenvalue weighted by atomic mass is 9.71. The summed E-state index contributed by atoms with van der Waals surface area (Å²) in [5.41, 5.74) is 7.48. The first-order valence-corrected chi connectivity index (χ1v) is 18.1. The molecule has 0 bridgehead atoms. The van der Waals surface area contributed by atoms with E-state index in [2.05, 4.69) is 60.7 Å². The van der Waals surface area contributed by atoms with Crippen molar-refractivity contribution in [3.05, 3.63) is 82.9 Å². The molecule has 31 heavy (non-hydrogen) atoms. The summed E-state index contributed by atoms with van der Waals surface area (Å²) in [5, 5.41) is 0. The Morgan fingerprint density at radius 1 is 0.613 bits per heavy atom. The summed E-state index contributed by atoms with van der Waals surface area (Å²) in [6.45, 7) is 8.01. The zero-order chi connectivity index (χ0) is 21.8. The Hall–Kier alpha value is -1.81. The molecule has 2 nitrogen and oxygen atoms in total. The summed E-state index contributed by atoms with van der Waals surface area (Å²) in [6.07, 6.45) is 0. The Balaban J connectivity index is 1.79. The van der Waals surface area contributed by atoms with Crippen LogP contribution in [0.3, 0.4) is 0 Å². The van der Waals surface area contributed by atoms with E-state index in [0.29, 0.717) is 0 Å². The highest BCUT2D eigenvalue weighted by molar-refractivity contribution is 7.33. The van der Waals surface area contributed by atoms with Crippen LogP contribution in [0.4, 0.5) is 0 Å². The lowest BCUT2D eigenvalue weighted by molar-refractivity contribution is 0.568. The van der Waals surface area contributed by atoms with Crippen molar-refractivity contribution in [2.75, 3.05) is 0 Å². The van der Waals surface area contributed by atoms with E-state index in [1.165, 1.54) is 43.1 Å². The molecule has 6 rings (SSSR count). The van der Waals surface area contributed by atoms with E-state index in [9.17, 15) is 9.59 Å². The maximum atomic E-state index is 11.0. The number of fused-ring (bicyclic) bond motifs is 10. The topological polar surface area (TPSA) is 40.5 Å². The van der Waals surface area contributed by atoms with Gasteiger partial charge in [-0.15, -0.1) is 22.7 Å². The molecule has 0 saturated heterocycles. The standard InChI is InChI=1S/C25H24O2S2Si2/c1-30(2,26)21-13-19-23(28-21)24-20(14-22(29-24)31(3,4)27)25(19)17-11-7-5-9-15(17)16-10-6-8-12-18(16)25/h5-14,26-27H,1-4H3. The van der Waals surface area contributed by atoms with Gasteiger partial charge < -0.3 is 9.59 Å². The summed E-state index contributed by atoms with van der Waals surface area (Å²) in [7, 11) is -4.89. The van der Waals surface area contributed by atoms with Gasteiger partial charge in [0, 0.05) is 18.8 Å². The normalized spacial score (nSPS) is 15.7. The monoisotopic (exact) mass is 476 g/mol. The predicted molar refractivity (Wildman–Crippen MR) is 137 cm³/mol. The van der Waals surface area contributed by atoms with Crippen LogP contribution in [-0.2, 0) is 5.41 Å². The second-order valence-electron chi connectivity index (χ2n) is 9.67. The highest BCUT2D eigenvalue weighted by atomic mass is 32.1. The molecule has 2 aliphatic rings. The lowest BCUT2D eigenvalue weighted by Crippen LogP contribution is -2.40. The summed E-state index contributed by atoms with van der Waals surface area (Å²) in [4.78, 5) is 24.5. The largest absolute Gasteiger partial charge is 0.427 e. The molecule has 2 aliphatic carbocycles. The molecule has 0 saturated carbocycles. The van der Waals surface area contributed by atoms with Gasteiger partial charge in [-0.05, 0) is 71.7 Å². The SMILES string of the molecule is C[Si](C)(O)c1cc2c(s1)-c1sc([Si](C)(C)O)cc1C21c2ccccc2-c2ccccc21. The second kappa shape index (κ2) is 6.16. The molecule has 0 amide bonds. The van der Waals surface area contributed by atoms with Gasteiger partial charge in [0.05, 0.1) is 5.41 Å². The van der Waals surface area contributed by atoms with Crippen LogP contribution in [0.15, 0.2) is 60.7 Å². The Labute approximate surface area is 192 Å². The summed E-state index contributed by atoms with van der Waals surface area (Å²) in [6, 6.07) is 22.1. The molecule has 2 N–H and O–H groups in total. The lowest BCUT2D eigenvalue weighted by Gasteiger charge is -2.29. The molecule has 0 radical (unpaired) electrons. The predicted octanol–water partition coefficient (Wildman–Crippen LogP) is 4.96. The van der Waals surface area contributed by atoms with Crippen LogP contribution in [0.25, 0.3) is 20.9 Å². The number of hydrogen-bond donors (Lipinski definition) is 2. The van der Waals surface area contributed by atoms with E-state index in [0.717, 1.165) is 9.00 Å². The molecule has 2 aromatic carbocycles. The van der Waals surface area contributed by atoms with E-state index in [1.54, 1.807) is 22.7 Å². The van der Waals surface area contributed by atoms with Crippen molar-refractivity contribution in [2.24, 2.45) is 0 Å². The van der Waals surface area contributed by atoms with E-state index >= 15 is 0 Å². The summed E-state index contributed by atoms with van der Waals surface area (Å²) >= 11 is 3.52. The molecule has 0 unspecified atom stereocenters. The molecule has 4 aromatic rings. The van der Waals surface area contributed by atoms with Gasteiger partial charge in [-0.25, -0.2) is 0 Å². The van der Waals surface area contributed by atoms with E-state index in [4.69, 9.17) is 0 Å². The van der Waals surface area contributed by atoms with Crippen LogP contribution in [0.1, 0.15) is 22.3 Å². The van der Waals surface area contributed by atoms with Crippen LogP contribution >= 0.6 is 22.7 Å². The van der Waals surface area contributed by atoms with Gasteiger partial charge in [-0.3, -0.25) is 0 Å². The Bertz CT molecular complexity index is 1260. The fraction of sp³-hybridized carbons (Fsp3) is 0.200. The number of benzene rings is 2. The van der Waals surface area contributed by atoms with Crippen LogP contribution in [0.2, 0.25) is 26.2 Å². The highest BCUT2D eigenvalue weighted by Gasteiger charge is 2.54. The number of thiophene rings is 2. The summed E-state index contributed by atoms with van der Waals surface area (Å²) < 4.78 is 2.25. The van der Waals surface area contributed by atoms with Crippen molar-refractivity contribution in [3.63, 3.8) is 0 Å². The van der Waals surface area contributed by atoms with E-state index < -0.39 is 16.6 Å². The first-order chi connectivity index (χ1) is 14.6. The Morgan fingerprint density at radius 2 is 1.00 bits per heavy atom. The van der Waals surface area contributed by atoms with Gasteiger partial charge in [0.2, 0.25) is 16.6 Å². The van der Waals surface area contributed by atoms with Crippen molar-refractivity contribution in [3.8, 4) is 20.9 Å². The van der Waals surface area contributed by atoms with Crippen LogP contribution in [0, 0.1) is 0 Å². The molecular formula is C25H24O2S2Si2. The fourth-order valence-corrected chi connectivity index (χ4v) is 10.9. The minimum Gasteiger partial charge on any atom is -0.427 e.